The summed E-state index contributed by atoms with van der Waals surface area (Å²) in [4.78, 5) is 15.6. The molecule has 2 aliphatic rings. The molecule has 0 amide bonds. The van der Waals surface area contributed by atoms with E-state index in [0.717, 1.165) is 22.6 Å². The molecular formula is C24H23N5O2. The Morgan fingerprint density at radius 3 is 2.71 bits per heavy atom. The van der Waals surface area contributed by atoms with Gasteiger partial charge in [-0.1, -0.05) is 0 Å². The highest BCUT2D eigenvalue weighted by atomic mass is 16.5. The van der Waals surface area contributed by atoms with Crippen LogP contribution in [0.5, 0.6) is 5.75 Å². The summed E-state index contributed by atoms with van der Waals surface area (Å²) in [5.74, 6) is 2.83. The number of rotatable bonds is 7. The van der Waals surface area contributed by atoms with Crippen LogP contribution in [0.4, 0.5) is 5.82 Å². The van der Waals surface area contributed by atoms with Crippen LogP contribution in [-0.4, -0.2) is 45.9 Å². The molecule has 3 aromatic rings. The first-order chi connectivity index (χ1) is 15.2. The van der Waals surface area contributed by atoms with Crippen molar-refractivity contribution < 1.29 is 9.84 Å². The molecule has 1 aliphatic carbocycles. The summed E-state index contributed by atoms with van der Waals surface area (Å²) in [5.41, 5.74) is 3.22. The van der Waals surface area contributed by atoms with Crippen molar-refractivity contribution in [3.05, 3.63) is 65.7 Å². The summed E-state index contributed by atoms with van der Waals surface area (Å²) in [7, 11) is 0. The maximum Gasteiger partial charge on any atom is 0.137 e. The summed E-state index contributed by atoms with van der Waals surface area (Å²) in [5, 5.41) is 19.1. The standard InChI is InChI=1S/C24H23N5O2/c25-12-19-11-18(3-4-22(19)31-15-16-1-2-16)21-6-8-26-23(28-21)9-17-5-7-27-24(10-17)29-13-20(30)14-29/h3-8,10-11,16,20,30H,1-2,9,13-15H2. The van der Waals surface area contributed by atoms with Crippen LogP contribution in [0.25, 0.3) is 11.3 Å². The summed E-state index contributed by atoms with van der Waals surface area (Å²) < 4.78 is 5.82. The van der Waals surface area contributed by atoms with Gasteiger partial charge in [-0.2, -0.15) is 5.26 Å². The van der Waals surface area contributed by atoms with Crippen molar-refractivity contribution in [2.75, 3.05) is 24.6 Å². The number of pyridine rings is 1. The molecule has 5 rings (SSSR count). The van der Waals surface area contributed by atoms with Gasteiger partial charge in [-0.05, 0) is 60.7 Å². The SMILES string of the molecule is N#Cc1cc(-c2ccnc(Cc3ccnc(N4CC(O)C4)c3)n2)ccc1OCC1CC1. The van der Waals surface area contributed by atoms with Gasteiger partial charge in [0.1, 0.15) is 23.5 Å². The fourth-order valence-corrected chi connectivity index (χ4v) is 3.61. The van der Waals surface area contributed by atoms with Gasteiger partial charge >= 0.3 is 0 Å². The molecule has 0 atom stereocenters. The average Bonchev–Trinajstić information content (AvgIpc) is 3.60. The third-order valence-electron chi connectivity index (χ3n) is 5.63. The summed E-state index contributed by atoms with van der Waals surface area (Å²) in [6, 6.07) is 13.7. The van der Waals surface area contributed by atoms with Crippen LogP contribution in [0.15, 0.2) is 48.8 Å². The van der Waals surface area contributed by atoms with E-state index in [2.05, 4.69) is 16.0 Å². The number of anilines is 1. The number of aromatic nitrogens is 3. The van der Waals surface area contributed by atoms with Crippen molar-refractivity contribution in [3.63, 3.8) is 0 Å². The van der Waals surface area contributed by atoms with E-state index in [1.165, 1.54) is 12.8 Å². The van der Waals surface area contributed by atoms with Crippen LogP contribution in [-0.2, 0) is 6.42 Å². The van der Waals surface area contributed by atoms with Crippen LogP contribution in [0, 0.1) is 17.2 Å². The molecule has 0 radical (unpaired) electrons. The van der Waals surface area contributed by atoms with E-state index in [0.29, 0.717) is 49.2 Å². The Kier molecular flexibility index (Phi) is 5.23. The van der Waals surface area contributed by atoms with E-state index in [9.17, 15) is 10.4 Å². The van der Waals surface area contributed by atoms with Gasteiger partial charge < -0.3 is 14.7 Å². The van der Waals surface area contributed by atoms with Gasteiger partial charge in [0.25, 0.3) is 0 Å². The molecule has 156 valence electrons. The number of β-amino-alcohol motifs (C(OH)–C–C–N with tert-alkyl or cyclic N) is 1. The maximum atomic E-state index is 9.54. The Morgan fingerprint density at radius 1 is 1.10 bits per heavy atom. The van der Waals surface area contributed by atoms with Crippen LogP contribution < -0.4 is 9.64 Å². The Balaban J connectivity index is 1.33. The van der Waals surface area contributed by atoms with E-state index < -0.39 is 0 Å². The number of hydrogen-bond acceptors (Lipinski definition) is 7. The van der Waals surface area contributed by atoms with E-state index in [1.54, 1.807) is 12.4 Å². The fraction of sp³-hybridized carbons (Fsp3) is 0.333. The second-order valence-corrected chi connectivity index (χ2v) is 8.19. The summed E-state index contributed by atoms with van der Waals surface area (Å²) >= 11 is 0. The molecule has 1 saturated heterocycles. The Hall–Kier alpha value is -3.50. The lowest BCUT2D eigenvalue weighted by Gasteiger charge is -2.36. The van der Waals surface area contributed by atoms with E-state index >= 15 is 0 Å². The lowest BCUT2D eigenvalue weighted by atomic mass is 10.1. The van der Waals surface area contributed by atoms with E-state index in [-0.39, 0.29) is 6.10 Å². The third-order valence-corrected chi connectivity index (χ3v) is 5.63. The number of aliphatic hydroxyl groups excluding tert-OH is 1. The van der Waals surface area contributed by atoms with Gasteiger partial charge in [-0.3, -0.25) is 0 Å². The van der Waals surface area contributed by atoms with Crippen LogP contribution in [0.2, 0.25) is 0 Å². The first-order valence-corrected chi connectivity index (χ1v) is 10.5. The molecule has 2 fully saturated rings. The molecule has 3 heterocycles. The van der Waals surface area contributed by atoms with Gasteiger partial charge in [0.15, 0.2) is 0 Å². The van der Waals surface area contributed by atoms with Crippen molar-refractivity contribution in [2.45, 2.75) is 25.4 Å². The van der Waals surface area contributed by atoms with Crippen molar-refractivity contribution in [1.82, 2.24) is 15.0 Å². The molecular weight excluding hydrogens is 390 g/mol. The zero-order valence-electron chi connectivity index (χ0n) is 17.1. The molecule has 0 unspecified atom stereocenters. The smallest absolute Gasteiger partial charge is 0.137 e. The number of benzene rings is 1. The molecule has 31 heavy (non-hydrogen) atoms. The van der Waals surface area contributed by atoms with Crippen molar-refractivity contribution in [2.24, 2.45) is 5.92 Å². The second kappa shape index (κ2) is 8.32. The Bertz CT molecular complexity index is 1130. The minimum absolute atomic E-state index is 0.269. The number of nitrogens with zero attached hydrogens (tertiary/aromatic N) is 5. The number of aliphatic hydroxyl groups is 1. The maximum absolute atomic E-state index is 9.54. The Labute approximate surface area is 181 Å². The molecule has 0 bridgehead atoms. The number of hydrogen-bond donors (Lipinski definition) is 1. The molecule has 0 spiro atoms. The molecule has 1 aliphatic heterocycles. The largest absolute Gasteiger partial charge is 0.492 e. The zero-order valence-corrected chi connectivity index (χ0v) is 17.1. The molecule has 7 nitrogen and oxygen atoms in total. The van der Waals surface area contributed by atoms with Crippen molar-refractivity contribution in [1.29, 1.82) is 5.26 Å². The predicted molar refractivity (Wildman–Crippen MR) is 116 cm³/mol. The average molecular weight is 413 g/mol. The lowest BCUT2D eigenvalue weighted by Crippen LogP contribution is -2.51. The van der Waals surface area contributed by atoms with Crippen LogP contribution >= 0.6 is 0 Å². The second-order valence-electron chi connectivity index (χ2n) is 8.19. The van der Waals surface area contributed by atoms with Gasteiger partial charge in [-0.15, -0.1) is 0 Å². The summed E-state index contributed by atoms with van der Waals surface area (Å²) in [6.45, 7) is 1.91. The van der Waals surface area contributed by atoms with Crippen molar-refractivity contribution in [3.8, 4) is 23.1 Å². The fourth-order valence-electron chi connectivity index (χ4n) is 3.61. The third kappa shape index (κ3) is 4.49. The minimum Gasteiger partial charge on any atom is -0.492 e. The Morgan fingerprint density at radius 2 is 1.94 bits per heavy atom. The monoisotopic (exact) mass is 413 g/mol. The quantitative estimate of drug-likeness (QED) is 0.636. The minimum atomic E-state index is -0.269. The van der Waals surface area contributed by atoms with Crippen LogP contribution in [0.3, 0.4) is 0 Å². The molecule has 1 N–H and O–H groups in total. The topological polar surface area (TPSA) is 95.2 Å². The van der Waals surface area contributed by atoms with Gasteiger partial charge in [-0.25, -0.2) is 15.0 Å². The predicted octanol–water partition coefficient (Wildman–Crippen LogP) is 2.97. The van der Waals surface area contributed by atoms with E-state index in [1.807, 2.05) is 41.3 Å². The molecule has 7 heteroatoms. The first kappa shape index (κ1) is 19.5. The molecule has 1 aromatic carbocycles. The lowest BCUT2D eigenvalue weighted by molar-refractivity contribution is 0.141. The highest BCUT2D eigenvalue weighted by molar-refractivity contribution is 5.64. The van der Waals surface area contributed by atoms with Gasteiger partial charge in [0, 0.05) is 37.5 Å². The zero-order chi connectivity index (χ0) is 21.2. The van der Waals surface area contributed by atoms with Gasteiger partial charge in [0.05, 0.1) is 24.0 Å². The normalized spacial score (nSPS) is 15.9. The highest BCUT2D eigenvalue weighted by Crippen LogP contribution is 2.31. The summed E-state index contributed by atoms with van der Waals surface area (Å²) in [6.07, 6.45) is 6.25. The van der Waals surface area contributed by atoms with E-state index in [4.69, 9.17) is 9.72 Å². The first-order valence-electron chi connectivity index (χ1n) is 10.5. The van der Waals surface area contributed by atoms with Gasteiger partial charge in [0.2, 0.25) is 0 Å². The van der Waals surface area contributed by atoms with Crippen LogP contribution in [0.1, 0.15) is 29.8 Å². The molecule has 1 saturated carbocycles. The number of ether oxygens (including phenoxy) is 1. The highest BCUT2D eigenvalue weighted by Gasteiger charge is 2.25. The molecule has 2 aromatic heterocycles. The number of nitriles is 1. The van der Waals surface area contributed by atoms with Crippen molar-refractivity contribution >= 4 is 5.82 Å².